The lowest BCUT2D eigenvalue weighted by atomic mass is 10.0. The van der Waals surface area contributed by atoms with Crippen molar-refractivity contribution in [3.63, 3.8) is 0 Å². The summed E-state index contributed by atoms with van der Waals surface area (Å²) in [5, 5.41) is 13.1. The van der Waals surface area contributed by atoms with Crippen molar-refractivity contribution < 1.29 is 23.0 Å². The van der Waals surface area contributed by atoms with E-state index >= 15 is 0 Å². The maximum absolute atomic E-state index is 12.5. The summed E-state index contributed by atoms with van der Waals surface area (Å²) in [6, 6.07) is 5.63. The molecule has 1 atom stereocenters. The summed E-state index contributed by atoms with van der Waals surface area (Å²) >= 11 is 0. The van der Waals surface area contributed by atoms with E-state index in [1.165, 1.54) is 42.9 Å². The molecule has 1 unspecified atom stereocenters. The van der Waals surface area contributed by atoms with E-state index in [4.69, 9.17) is 0 Å². The lowest BCUT2D eigenvalue weighted by molar-refractivity contribution is -0.274. The van der Waals surface area contributed by atoms with Gasteiger partial charge in [0.05, 0.1) is 18.1 Å². The van der Waals surface area contributed by atoms with Crippen LogP contribution in [0.1, 0.15) is 22.9 Å². The second-order valence-corrected chi connectivity index (χ2v) is 6.07. The van der Waals surface area contributed by atoms with Crippen molar-refractivity contribution in [3.05, 3.63) is 72.3 Å². The SMILES string of the molecule is C=Cc1ccc(OC(F)(F)F)cc1-c1cnc(NC(O)c2cnccc2C)cn1. The molecule has 0 bridgehead atoms. The molecule has 9 heteroatoms. The van der Waals surface area contributed by atoms with E-state index in [-0.39, 0.29) is 11.6 Å². The first-order valence-corrected chi connectivity index (χ1v) is 8.46. The lowest BCUT2D eigenvalue weighted by Crippen LogP contribution is -2.17. The largest absolute Gasteiger partial charge is 0.573 e. The average Bonchev–Trinajstić information content (AvgIpc) is 2.67. The van der Waals surface area contributed by atoms with Crippen molar-refractivity contribution in [2.45, 2.75) is 19.5 Å². The quantitative estimate of drug-likeness (QED) is 0.592. The standard InChI is InChI=1S/C20H17F3N4O2/c1-3-13-4-5-14(29-20(21,22)23)8-15(13)17-10-26-18(11-25-17)27-19(28)16-9-24-7-6-12(16)2/h3-11,19,28H,1H2,2H3,(H,26,27). The summed E-state index contributed by atoms with van der Waals surface area (Å²) in [6.45, 7) is 5.49. The number of pyridine rings is 1. The number of halogens is 3. The van der Waals surface area contributed by atoms with Gasteiger partial charge in [0, 0.05) is 23.5 Å². The molecule has 29 heavy (non-hydrogen) atoms. The molecule has 0 aliphatic rings. The van der Waals surface area contributed by atoms with Crippen LogP contribution in [0.2, 0.25) is 0 Å². The van der Waals surface area contributed by atoms with Crippen LogP contribution in [0.25, 0.3) is 17.3 Å². The second-order valence-electron chi connectivity index (χ2n) is 6.07. The maximum atomic E-state index is 12.5. The van der Waals surface area contributed by atoms with Gasteiger partial charge in [-0.3, -0.25) is 9.97 Å². The Hall–Kier alpha value is -3.46. The Morgan fingerprint density at radius 3 is 2.59 bits per heavy atom. The number of nitrogens with zero attached hydrogens (tertiary/aromatic N) is 3. The molecule has 2 heterocycles. The minimum absolute atomic E-state index is 0.285. The van der Waals surface area contributed by atoms with Crippen LogP contribution < -0.4 is 10.1 Å². The number of alkyl halides is 3. The molecule has 0 spiro atoms. The Balaban J connectivity index is 1.83. The van der Waals surface area contributed by atoms with Crippen LogP contribution >= 0.6 is 0 Å². The molecule has 0 saturated heterocycles. The number of rotatable bonds is 6. The number of nitrogens with one attached hydrogen (secondary N) is 1. The van der Waals surface area contributed by atoms with Gasteiger partial charge < -0.3 is 15.2 Å². The second kappa shape index (κ2) is 8.27. The monoisotopic (exact) mass is 402 g/mol. The molecule has 6 nitrogen and oxygen atoms in total. The minimum Gasteiger partial charge on any atom is -0.406 e. The van der Waals surface area contributed by atoms with Crippen LogP contribution in [0, 0.1) is 6.92 Å². The maximum Gasteiger partial charge on any atom is 0.573 e. The molecule has 2 N–H and O–H groups in total. The van der Waals surface area contributed by atoms with Crippen LogP contribution in [-0.4, -0.2) is 26.4 Å². The first-order chi connectivity index (χ1) is 13.8. The molecule has 3 aromatic rings. The van der Waals surface area contributed by atoms with E-state index in [0.29, 0.717) is 22.4 Å². The van der Waals surface area contributed by atoms with Gasteiger partial charge in [0.1, 0.15) is 11.6 Å². The molecular formula is C20H17F3N4O2. The number of hydrogen-bond acceptors (Lipinski definition) is 6. The normalized spacial score (nSPS) is 12.3. The van der Waals surface area contributed by atoms with Crippen LogP contribution in [0.15, 0.2) is 55.6 Å². The van der Waals surface area contributed by atoms with Crippen molar-refractivity contribution in [1.82, 2.24) is 15.0 Å². The molecule has 3 rings (SSSR count). The number of benzene rings is 1. The van der Waals surface area contributed by atoms with Crippen LogP contribution in [-0.2, 0) is 0 Å². The van der Waals surface area contributed by atoms with Gasteiger partial charge >= 0.3 is 6.36 Å². The third-order valence-electron chi connectivity index (χ3n) is 4.06. The Bertz CT molecular complexity index is 1010. The molecule has 0 amide bonds. The predicted molar refractivity (Wildman–Crippen MR) is 102 cm³/mol. The first kappa shape index (κ1) is 20.3. The number of hydrogen-bond donors (Lipinski definition) is 2. The molecule has 0 aliphatic carbocycles. The van der Waals surface area contributed by atoms with Gasteiger partial charge in [0.2, 0.25) is 0 Å². The third-order valence-corrected chi connectivity index (χ3v) is 4.06. The molecular weight excluding hydrogens is 385 g/mol. The first-order valence-electron chi connectivity index (χ1n) is 8.46. The highest BCUT2D eigenvalue weighted by atomic mass is 19.4. The fourth-order valence-corrected chi connectivity index (χ4v) is 2.65. The van der Waals surface area contributed by atoms with E-state index in [2.05, 4.69) is 31.6 Å². The topological polar surface area (TPSA) is 80.2 Å². The highest BCUT2D eigenvalue weighted by molar-refractivity contribution is 5.73. The fourth-order valence-electron chi connectivity index (χ4n) is 2.65. The smallest absolute Gasteiger partial charge is 0.406 e. The van der Waals surface area contributed by atoms with Gasteiger partial charge in [-0.25, -0.2) is 4.98 Å². The zero-order valence-corrected chi connectivity index (χ0v) is 15.3. The lowest BCUT2D eigenvalue weighted by Gasteiger charge is -2.15. The Labute approximate surface area is 164 Å². The number of ether oxygens (including phenoxy) is 1. The highest BCUT2D eigenvalue weighted by Crippen LogP contribution is 2.31. The minimum atomic E-state index is -4.80. The Kier molecular flexibility index (Phi) is 5.79. The van der Waals surface area contributed by atoms with Crippen molar-refractivity contribution >= 4 is 11.9 Å². The van der Waals surface area contributed by atoms with Gasteiger partial charge in [-0.05, 0) is 36.2 Å². The van der Waals surface area contributed by atoms with Gasteiger partial charge in [-0.1, -0.05) is 18.7 Å². The van der Waals surface area contributed by atoms with Crippen LogP contribution in [0.4, 0.5) is 19.0 Å². The predicted octanol–water partition coefficient (Wildman–Crippen LogP) is 4.49. The van der Waals surface area contributed by atoms with Crippen molar-refractivity contribution in [2.24, 2.45) is 0 Å². The van der Waals surface area contributed by atoms with Crippen molar-refractivity contribution in [3.8, 4) is 17.0 Å². The highest BCUT2D eigenvalue weighted by Gasteiger charge is 2.31. The fraction of sp³-hybridized carbons (Fsp3) is 0.150. The molecule has 0 fully saturated rings. The van der Waals surface area contributed by atoms with Gasteiger partial charge in [-0.2, -0.15) is 0 Å². The van der Waals surface area contributed by atoms with E-state index in [0.717, 1.165) is 5.56 Å². The van der Waals surface area contributed by atoms with Crippen molar-refractivity contribution in [2.75, 3.05) is 5.32 Å². The van der Waals surface area contributed by atoms with Gasteiger partial charge in [-0.15, -0.1) is 13.2 Å². The number of aliphatic hydroxyl groups is 1. The summed E-state index contributed by atoms with van der Waals surface area (Å²) in [7, 11) is 0. The van der Waals surface area contributed by atoms with E-state index in [9.17, 15) is 18.3 Å². The van der Waals surface area contributed by atoms with E-state index in [1.54, 1.807) is 12.3 Å². The summed E-state index contributed by atoms with van der Waals surface area (Å²) in [6.07, 6.45) is 1.56. The summed E-state index contributed by atoms with van der Waals surface area (Å²) in [4.78, 5) is 12.4. The van der Waals surface area contributed by atoms with Gasteiger partial charge in [0.25, 0.3) is 0 Å². The number of aryl methyl sites for hydroxylation is 1. The number of anilines is 1. The molecule has 0 saturated carbocycles. The number of aliphatic hydroxyl groups excluding tert-OH is 1. The van der Waals surface area contributed by atoms with Crippen molar-refractivity contribution in [1.29, 1.82) is 0 Å². The summed E-state index contributed by atoms with van der Waals surface area (Å²) in [5.74, 6) is -0.0862. The molecule has 2 aromatic heterocycles. The van der Waals surface area contributed by atoms with E-state index in [1.807, 2.05) is 6.92 Å². The molecule has 150 valence electrons. The zero-order chi connectivity index (χ0) is 21.0. The Morgan fingerprint density at radius 1 is 1.17 bits per heavy atom. The Morgan fingerprint density at radius 2 is 1.97 bits per heavy atom. The summed E-state index contributed by atoms with van der Waals surface area (Å²) < 4.78 is 41.4. The zero-order valence-electron chi connectivity index (χ0n) is 15.3. The van der Waals surface area contributed by atoms with Crippen LogP contribution in [0.3, 0.4) is 0 Å². The van der Waals surface area contributed by atoms with Crippen LogP contribution in [0.5, 0.6) is 5.75 Å². The van der Waals surface area contributed by atoms with E-state index < -0.39 is 12.6 Å². The molecule has 0 radical (unpaired) electrons. The summed E-state index contributed by atoms with van der Waals surface area (Å²) in [5.41, 5.74) is 2.71. The third kappa shape index (κ3) is 5.08. The molecule has 0 aliphatic heterocycles. The van der Waals surface area contributed by atoms with Gasteiger partial charge in [0.15, 0.2) is 6.23 Å². The average molecular weight is 402 g/mol. The molecule has 1 aromatic carbocycles. The number of aromatic nitrogens is 3.